The Labute approximate surface area is 135 Å². The molecule has 1 N–H and O–H groups in total. The van der Waals surface area contributed by atoms with Crippen LogP contribution in [0, 0.1) is 5.21 Å². The fourth-order valence-corrected chi connectivity index (χ4v) is 3.11. The number of hydroxylamine groups is 3. The standard InChI is InChI=1S/C18H21NO4/c1-22-16-5-3-13(4-6-16)11-19(21)8-7-14-10-18(23-2)17(20)9-15(14)12-19/h3-6,9-10,20H,7-8,11-12H2,1-2H3/t19-/m1/s1. The van der Waals surface area contributed by atoms with Crippen LogP contribution in [-0.4, -0.2) is 30.5 Å². The van der Waals surface area contributed by atoms with Gasteiger partial charge in [-0.15, -0.1) is 0 Å². The molecule has 0 saturated carbocycles. The third-order valence-electron chi connectivity index (χ3n) is 4.38. The van der Waals surface area contributed by atoms with E-state index in [0.717, 1.165) is 22.4 Å². The number of hydrogen-bond acceptors (Lipinski definition) is 4. The largest absolute Gasteiger partial charge is 0.632 e. The Balaban J connectivity index is 1.80. The molecule has 3 rings (SSSR count). The highest BCUT2D eigenvalue weighted by Crippen LogP contribution is 2.35. The van der Waals surface area contributed by atoms with Crippen LogP contribution in [0.25, 0.3) is 0 Å². The summed E-state index contributed by atoms with van der Waals surface area (Å²) in [7, 11) is 3.15. The third kappa shape index (κ3) is 3.25. The minimum Gasteiger partial charge on any atom is -0.632 e. The molecule has 0 aliphatic carbocycles. The Bertz CT molecular complexity index is 699. The number of phenols is 1. The number of fused-ring (bicyclic) bond motifs is 1. The van der Waals surface area contributed by atoms with Crippen LogP contribution >= 0.6 is 0 Å². The lowest BCUT2D eigenvalue weighted by Crippen LogP contribution is -2.45. The zero-order valence-corrected chi connectivity index (χ0v) is 13.4. The SMILES string of the molecule is COc1ccc(C[N@+]2([O-])CCc3cc(OC)c(O)cc3C2)cc1. The first-order valence-electron chi connectivity index (χ1n) is 7.62. The normalized spacial score (nSPS) is 20.0. The van der Waals surface area contributed by atoms with E-state index in [9.17, 15) is 10.3 Å². The van der Waals surface area contributed by atoms with Gasteiger partial charge in [-0.2, -0.15) is 0 Å². The quantitative estimate of drug-likeness (QED) is 0.696. The lowest BCUT2D eigenvalue weighted by molar-refractivity contribution is -0.909. The first-order chi connectivity index (χ1) is 11.0. The van der Waals surface area contributed by atoms with Gasteiger partial charge in [-0.3, -0.25) is 0 Å². The van der Waals surface area contributed by atoms with Gasteiger partial charge in [-0.1, -0.05) is 0 Å². The second-order valence-electron chi connectivity index (χ2n) is 5.99. The molecule has 5 nitrogen and oxygen atoms in total. The highest BCUT2D eigenvalue weighted by Gasteiger charge is 2.27. The lowest BCUT2D eigenvalue weighted by atomic mass is 9.98. The maximum absolute atomic E-state index is 13.1. The first-order valence-corrected chi connectivity index (χ1v) is 7.62. The Morgan fingerprint density at radius 2 is 1.83 bits per heavy atom. The molecule has 1 atom stereocenters. The molecule has 0 unspecified atom stereocenters. The zero-order chi connectivity index (χ0) is 16.4. The van der Waals surface area contributed by atoms with Gasteiger partial charge in [0.1, 0.15) is 18.8 Å². The van der Waals surface area contributed by atoms with Gasteiger partial charge in [0.2, 0.25) is 0 Å². The number of rotatable bonds is 4. The van der Waals surface area contributed by atoms with E-state index in [1.165, 1.54) is 7.11 Å². The molecule has 0 radical (unpaired) electrons. The molecular formula is C18H21NO4. The van der Waals surface area contributed by atoms with Gasteiger partial charge < -0.3 is 24.4 Å². The molecule has 0 fully saturated rings. The number of phenolic OH excluding ortho intramolecular Hbond substituents is 1. The Morgan fingerprint density at radius 3 is 2.48 bits per heavy atom. The number of quaternary nitrogens is 1. The van der Waals surface area contributed by atoms with E-state index >= 15 is 0 Å². The molecule has 2 aromatic rings. The molecule has 0 aromatic heterocycles. The second kappa shape index (κ2) is 6.10. The fraction of sp³-hybridized carbons (Fsp3) is 0.333. The van der Waals surface area contributed by atoms with E-state index in [-0.39, 0.29) is 10.4 Å². The molecule has 0 amide bonds. The van der Waals surface area contributed by atoms with Crippen LogP contribution in [0.4, 0.5) is 0 Å². The average Bonchev–Trinajstić information content (AvgIpc) is 2.54. The molecule has 0 bridgehead atoms. The van der Waals surface area contributed by atoms with Crippen LogP contribution in [0.1, 0.15) is 16.7 Å². The molecule has 0 saturated heterocycles. The monoisotopic (exact) mass is 315 g/mol. The van der Waals surface area contributed by atoms with Gasteiger partial charge in [0.25, 0.3) is 0 Å². The van der Waals surface area contributed by atoms with Crippen molar-refractivity contribution >= 4 is 0 Å². The summed E-state index contributed by atoms with van der Waals surface area (Å²) >= 11 is 0. The number of ether oxygens (including phenoxy) is 2. The van der Waals surface area contributed by atoms with Crippen LogP contribution in [0.2, 0.25) is 0 Å². The summed E-state index contributed by atoms with van der Waals surface area (Å²) in [6.45, 7) is 1.29. The number of methoxy groups -OCH3 is 2. The van der Waals surface area contributed by atoms with Crippen molar-refractivity contribution in [2.24, 2.45) is 0 Å². The van der Waals surface area contributed by atoms with E-state index < -0.39 is 0 Å². The fourth-order valence-electron chi connectivity index (χ4n) is 3.11. The topological polar surface area (TPSA) is 61.8 Å². The van der Waals surface area contributed by atoms with Crippen LogP contribution in [0.15, 0.2) is 36.4 Å². The van der Waals surface area contributed by atoms with E-state index in [0.29, 0.717) is 31.8 Å². The van der Waals surface area contributed by atoms with Crippen LogP contribution in [-0.2, 0) is 19.5 Å². The number of hydrogen-bond donors (Lipinski definition) is 1. The van der Waals surface area contributed by atoms with Gasteiger partial charge in [0.15, 0.2) is 11.5 Å². The van der Waals surface area contributed by atoms with Gasteiger partial charge in [-0.25, -0.2) is 0 Å². The molecule has 1 aliphatic rings. The van der Waals surface area contributed by atoms with Crippen molar-refractivity contribution in [3.63, 3.8) is 0 Å². The second-order valence-corrected chi connectivity index (χ2v) is 5.99. The van der Waals surface area contributed by atoms with Crippen LogP contribution < -0.4 is 9.47 Å². The van der Waals surface area contributed by atoms with Crippen molar-refractivity contribution in [1.82, 2.24) is 0 Å². The number of benzene rings is 2. The summed E-state index contributed by atoms with van der Waals surface area (Å²) in [5.74, 6) is 1.33. The van der Waals surface area contributed by atoms with Gasteiger partial charge in [-0.05, 0) is 42.0 Å². The summed E-state index contributed by atoms with van der Waals surface area (Å²) in [5.41, 5.74) is 2.97. The molecule has 2 aromatic carbocycles. The maximum atomic E-state index is 13.1. The number of nitrogens with zero attached hydrogens (tertiary/aromatic N) is 1. The number of aromatic hydroxyl groups is 1. The van der Waals surface area contributed by atoms with Crippen molar-refractivity contribution in [3.05, 3.63) is 58.3 Å². The van der Waals surface area contributed by atoms with E-state index in [2.05, 4.69) is 0 Å². The maximum Gasteiger partial charge on any atom is 0.160 e. The first kappa shape index (κ1) is 15.6. The smallest absolute Gasteiger partial charge is 0.160 e. The van der Waals surface area contributed by atoms with Gasteiger partial charge in [0, 0.05) is 17.5 Å². The summed E-state index contributed by atoms with van der Waals surface area (Å²) in [4.78, 5) is 0. The van der Waals surface area contributed by atoms with E-state index in [1.807, 2.05) is 30.3 Å². The lowest BCUT2D eigenvalue weighted by Gasteiger charge is -2.46. The molecule has 5 heteroatoms. The minimum atomic E-state index is -0.314. The van der Waals surface area contributed by atoms with Crippen LogP contribution in [0.5, 0.6) is 17.2 Å². The molecule has 122 valence electrons. The average molecular weight is 315 g/mol. The van der Waals surface area contributed by atoms with E-state index in [1.54, 1.807) is 13.2 Å². The molecular weight excluding hydrogens is 294 g/mol. The minimum absolute atomic E-state index is 0.0872. The zero-order valence-electron chi connectivity index (χ0n) is 13.4. The molecule has 23 heavy (non-hydrogen) atoms. The van der Waals surface area contributed by atoms with Crippen molar-refractivity contribution < 1.29 is 19.2 Å². The summed E-state index contributed by atoms with van der Waals surface area (Å²) in [6, 6.07) is 11.1. The predicted molar refractivity (Wildman–Crippen MR) is 87.3 cm³/mol. The Kier molecular flexibility index (Phi) is 4.15. The summed E-state index contributed by atoms with van der Waals surface area (Å²) in [5, 5.41) is 23.0. The highest BCUT2D eigenvalue weighted by atomic mass is 16.5. The van der Waals surface area contributed by atoms with E-state index in [4.69, 9.17) is 9.47 Å². The molecule has 0 spiro atoms. The van der Waals surface area contributed by atoms with Gasteiger partial charge >= 0.3 is 0 Å². The Morgan fingerprint density at radius 1 is 1.09 bits per heavy atom. The molecule has 1 heterocycles. The highest BCUT2D eigenvalue weighted by molar-refractivity contribution is 5.47. The Hall–Kier alpha value is -2.24. The van der Waals surface area contributed by atoms with Crippen molar-refractivity contribution in [3.8, 4) is 17.2 Å². The molecule has 1 aliphatic heterocycles. The van der Waals surface area contributed by atoms with Crippen molar-refractivity contribution in [1.29, 1.82) is 0 Å². The van der Waals surface area contributed by atoms with Gasteiger partial charge in [0.05, 0.1) is 20.8 Å². The summed E-state index contributed by atoms with van der Waals surface area (Å²) < 4.78 is 9.96. The summed E-state index contributed by atoms with van der Waals surface area (Å²) in [6.07, 6.45) is 0.686. The van der Waals surface area contributed by atoms with Crippen molar-refractivity contribution in [2.75, 3.05) is 20.8 Å². The van der Waals surface area contributed by atoms with Crippen LogP contribution in [0.3, 0.4) is 0 Å². The predicted octanol–water partition coefficient (Wildman–Crippen LogP) is 2.98. The van der Waals surface area contributed by atoms with Crippen molar-refractivity contribution in [2.45, 2.75) is 19.5 Å². The third-order valence-corrected chi connectivity index (χ3v) is 4.38.